The van der Waals surface area contributed by atoms with Crippen molar-refractivity contribution in [3.8, 4) is 0 Å². The SMILES string of the molecule is Cc1cc2c(cc1C)CN(Cc1ccc(N)cc1)CC2. The highest BCUT2D eigenvalue weighted by molar-refractivity contribution is 5.40. The van der Waals surface area contributed by atoms with Crippen LogP contribution >= 0.6 is 0 Å². The van der Waals surface area contributed by atoms with Crippen molar-refractivity contribution in [2.45, 2.75) is 33.4 Å². The van der Waals surface area contributed by atoms with Gasteiger partial charge >= 0.3 is 0 Å². The topological polar surface area (TPSA) is 29.3 Å². The lowest BCUT2D eigenvalue weighted by atomic mass is 9.94. The average Bonchev–Trinajstić information content (AvgIpc) is 2.43. The van der Waals surface area contributed by atoms with E-state index >= 15 is 0 Å². The standard InChI is InChI=1S/C18H22N2/c1-13-9-16-7-8-20(12-17(16)10-14(13)2)11-15-3-5-18(19)6-4-15/h3-6,9-10H,7-8,11-12,19H2,1-2H3. The fraction of sp³-hybridized carbons (Fsp3) is 0.333. The predicted molar refractivity (Wildman–Crippen MR) is 84.6 cm³/mol. The van der Waals surface area contributed by atoms with Gasteiger partial charge in [0.15, 0.2) is 0 Å². The highest BCUT2D eigenvalue weighted by atomic mass is 15.1. The third-order valence-corrected chi connectivity index (χ3v) is 4.29. The molecule has 0 aliphatic carbocycles. The molecule has 2 heteroatoms. The molecule has 2 aromatic rings. The van der Waals surface area contributed by atoms with Crippen LogP contribution in [-0.2, 0) is 19.5 Å². The Morgan fingerprint density at radius 1 is 1.00 bits per heavy atom. The van der Waals surface area contributed by atoms with Gasteiger partial charge in [-0.25, -0.2) is 0 Å². The number of nitrogens with zero attached hydrogens (tertiary/aromatic N) is 1. The van der Waals surface area contributed by atoms with Crippen molar-refractivity contribution >= 4 is 5.69 Å². The lowest BCUT2D eigenvalue weighted by Crippen LogP contribution is -2.30. The number of anilines is 1. The van der Waals surface area contributed by atoms with Crippen LogP contribution in [0.25, 0.3) is 0 Å². The van der Waals surface area contributed by atoms with Gasteiger partial charge in [-0.3, -0.25) is 4.90 Å². The average molecular weight is 266 g/mol. The first-order valence-corrected chi connectivity index (χ1v) is 7.27. The normalized spacial score (nSPS) is 15.1. The van der Waals surface area contributed by atoms with Crippen molar-refractivity contribution in [1.29, 1.82) is 0 Å². The molecule has 0 spiro atoms. The zero-order chi connectivity index (χ0) is 14.1. The highest BCUT2D eigenvalue weighted by Gasteiger charge is 2.17. The lowest BCUT2D eigenvalue weighted by Gasteiger charge is -2.29. The van der Waals surface area contributed by atoms with Gasteiger partial charge in [-0.15, -0.1) is 0 Å². The largest absolute Gasteiger partial charge is 0.399 e. The maximum absolute atomic E-state index is 5.74. The molecule has 0 atom stereocenters. The van der Waals surface area contributed by atoms with Crippen molar-refractivity contribution in [1.82, 2.24) is 4.90 Å². The fourth-order valence-electron chi connectivity index (χ4n) is 2.93. The zero-order valence-electron chi connectivity index (χ0n) is 12.3. The number of aryl methyl sites for hydroxylation is 2. The summed E-state index contributed by atoms with van der Waals surface area (Å²) >= 11 is 0. The van der Waals surface area contributed by atoms with E-state index in [0.717, 1.165) is 31.7 Å². The third-order valence-electron chi connectivity index (χ3n) is 4.29. The Morgan fingerprint density at radius 3 is 2.35 bits per heavy atom. The first-order valence-electron chi connectivity index (χ1n) is 7.27. The minimum atomic E-state index is 0.837. The van der Waals surface area contributed by atoms with E-state index in [1.165, 1.54) is 27.8 Å². The molecule has 1 aliphatic rings. The summed E-state index contributed by atoms with van der Waals surface area (Å²) in [6.07, 6.45) is 1.16. The summed E-state index contributed by atoms with van der Waals surface area (Å²) in [4.78, 5) is 2.52. The molecule has 0 fully saturated rings. The minimum Gasteiger partial charge on any atom is -0.399 e. The van der Waals surface area contributed by atoms with Crippen molar-refractivity contribution in [2.75, 3.05) is 12.3 Å². The molecule has 2 nitrogen and oxygen atoms in total. The molecular formula is C18H22N2. The minimum absolute atomic E-state index is 0.837. The van der Waals surface area contributed by atoms with E-state index in [4.69, 9.17) is 5.73 Å². The van der Waals surface area contributed by atoms with Gasteiger partial charge in [0.2, 0.25) is 0 Å². The molecule has 2 aromatic carbocycles. The molecule has 0 radical (unpaired) electrons. The summed E-state index contributed by atoms with van der Waals surface area (Å²) in [5.41, 5.74) is 13.8. The maximum Gasteiger partial charge on any atom is 0.0314 e. The second kappa shape index (κ2) is 5.29. The Labute approximate surface area is 121 Å². The molecule has 0 amide bonds. The molecule has 3 rings (SSSR count). The third kappa shape index (κ3) is 2.70. The summed E-state index contributed by atoms with van der Waals surface area (Å²) in [7, 11) is 0. The van der Waals surface area contributed by atoms with Crippen LogP contribution < -0.4 is 5.73 Å². The van der Waals surface area contributed by atoms with Crippen molar-refractivity contribution in [3.05, 3.63) is 64.2 Å². The van der Waals surface area contributed by atoms with E-state index < -0.39 is 0 Å². The predicted octanol–water partition coefficient (Wildman–Crippen LogP) is 3.44. The van der Waals surface area contributed by atoms with Gasteiger partial charge in [-0.2, -0.15) is 0 Å². The highest BCUT2D eigenvalue weighted by Crippen LogP contribution is 2.24. The number of hydrogen-bond donors (Lipinski definition) is 1. The van der Waals surface area contributed by atoms with Crippen LogP contribution in [0.1, 0.15) is 27.8 Å². The van der Waals surface area contributed by atoms with E-state index in [-0.39, 0.29) is 0 Å². The summed E-state index contributed by atoms with van der Waals surface area (Å²) < 4.78 is 0. The van der Waals surface area contributed by atoms with Crippen LogP contribution in [0, 0.1) is 13.8 Å². The van der Waals surface area contributed by atoms with E-state index in [0.29, 0.717) is 0 Å². The van der Waals surface area contributed by atoms with Gasteiger partial charge in [0.1, 0.15) is 0 Å². The Morgan fingerprint density at radius 2 is 1.65 bits per heavy atom. The number of hydrogen-bond acceptors (Lipinski definition) is 2. The molecule has 2 N–H and O–H groups in total. The van der Waals surface area contributed by atoms with Crippen LogP contribution in [0.5, 0.6) is 0 Å². The van der Waals surface area contributed by atoms with Crippen molar-refractivity contribution in [2.24, 2.45) is 0 Å². The van der Waals surface area contributed by atoms with Crippen molar-refractivity contribution < 1.29 is 0 Å². The van der Waals surface area contributed by atoms with Gasteiger partial charge in [0, 0.05) is 25.3 Å². The van der Waals surface area contributed by atoms with Crippen molar-refractivity contribution in [3.63, 3.8) is 0 Å². The molecular weight excluding hydrogens is 244 g/mol. The van der Waals surface area contributed by atoms with E-state index in [1.54, 1.807) is 0 Å². The number of nitrogen functional groups attached to an aromatic ring is 1. The van der Waals surface area contributed by atoms with Gasteiger partial charge in [-0.1, -0.05) is 24.3 Å². The first kappa shape index (κ1) is 13.2. The Kier molecular flexibility index (Phi) is 3.49. The molecule has 1 heterocycles. The smallest absolute Gasteiger partial charge is 0.0314 e. The van der Waals surface area contributed by atoms with Crippen LogP contribution in [0.4, 0.5) is 5.69 Å². The summed E-state index contributed by atoms with van der Waals surface area (Å²) in [5.74, 6) is 0. The molecule has 0 aromatic heterocycles. The monoisotopic (exact) mass is 266 g/mol. The molecule has 0 saturated heterocycles. The second-order valence-corrected chi connectivity index (χ2v) is 5.91. The number of benzene rings is 2. The van der Waals surface area contributed by atoms with Gasteiger partial charge in [-0.05, 0) is 60.2 Å². The Bertz CT molecular complexity index is 614. The van der Waals surface area contributed by atoms with Crippen LogP contribution in [0.3, 0.4) is 0 Å². The lowest BCUT2D eigenvalue weighted by molar-refractivity contribution is 0.245. The Hall–Kier alpha value is -1.80. The summed E-state index contributed by atoms with van der Waals surface area (Å²) in [5, 5.41) is 0. The molecule has 20 heavy (non-hydrogen) atoms. The van der Waals surface area contributed by atoms with Gasteiger partial charge in [0.05, 0.1) is 0 Å². The number of rotatable bonds is 2. The number of fused-ring (bicyclic) bond motifs is 1. The van der Waals surface area contributed by atoms with Crippen LogP contribution in [-0.4, -0.2) is 11.4 Å². The quantitative estimate of drug-likeness (QED) is 0.844. The fourth-order valence-corrected chi connectivity index (χ4v) is 2.93. The maximum atomic E-state index is 5.74. The molecule has 104 valence electrons. The van der Waals surface area contributed by atoms with E-state index in [1.807, 2.05) is 12.1 Å². The van der Waals surface area contributed by atoms with E-state index in [9.17, 15) is 0 Å². The van der Waals surface area contributed by atoms with Gasteiger partial charge in [0.25, 0.3) is 0 Å². The molecule has 1 aliphatic heterocycles. The molecule has 0 unspecified atom stereocenters. The summed E-state index contributed by atoms with van der Waals surface area (Å²) in [6, 6.07) is 13.0. The summed E-state index contributed by atoms with van der Waals surface area (Å²) in [6.45, 7) is 7.61. The second-order valence-electron chi connectivity index (χ2n) is 5.91. The number of nitrogens with two attached hydrogens (primary N) is 1. The van der Waals surface area contributed by atoms with Crippen LogP contribution in [0.2, 0.25) is 0 Å². The van der Waals surface area contributed by atoms with E-state index in [2.05, 4.69) is 43.0 Å². The molecule has 0 saturated carbocycles. The Balaban J connectivity index is 1.75. The van der Waals surface area contributed by atoms with Gasteiger partial charge < -0.3 is 5.73 Å². The zero-order valence-corrected chi connectivity index (χ0v) is 12.3. The molecule has 0 bridgehead atoms. The first-order chi connectivity index (χ1) is 9.61. The van der Waals surface area contributed by atoms with Crippen LogP contribution in [0.15, 0.2) is 36.4 Å².